The van der Waals surface area contributed by atoms with Gasteiger partial charge in [0.1, 0.15) is 5.75 Å². The third-order valence-electron chi connectivity index (χ3n) is 5.84. The number of aromatic hydroxyl groups is 1. The van der Waals surface area contributed by atoms with Crippen molar-refractivity contribution in [2.45, 2.75) is 105 Å². The molecule has 1 rings (SSSR count). The summed E-state index contributed by atoms with van der Waals surface area (Å²) >= 11 is 0. The van der Waals surface area contributed by atoms with Crippen LogP contribution in [0.15, 0.2) is 18.2 Å². The Hall–Kier alpha value is -1.06. The van der Waals surface area contributed by atoms with E-state index in [1.165, 1.54) is 31.2 Å². The van der Waals surface area contributed by atoms with Crippen molar-refractivity contribution in [3.8, 4) is 5.75 Å². The predicted molar refractivity (Wildman–Crippen MR) is 128 cm³/mol. The van der Waals surface area contributed by atoms with Gasteiger partial charge in [-0.3, -0.25) is 9.80 Å². The van der Waals surface area contributed by atoms with Gasteiger partial charge in [-0.15, -0.1) is 0 Å². The summed E-state index contributed by atoms with van der Waals surface area (Å²) in [5.41, 5.74) is 2.52. The van der Waals surface area contributed by atoms with Gasteiger partial charge in [0.05, 0.1) is 0 Å². The summed E-state index contributed by atoms with van der Waals surface area (Å²) in [7, 11) is 0. The molecule has 0 amide bonds. The minimum atomic E-state index is 0.313. The lowest BCUT2D eigenvalue weighted by Gasteiger charge is -2.34. The Balaban J connectivity index is 3.34. The van der Waals surface area contributed by atoms with Crippen molar-refractivity contribution in [3.05, 3.63) is 29.3 Å². The van der Waals surface area contributed by atoms with Crippen molar-refractivity contribution >= 4 is 0 Å². The Morgan fingerprint density at radius 2 is 1.10 bits per heavy atom. The summed E-state index contributed by atoms with van der Waals surface area (Å²) in [5.74, 6) is 0.470. The topological polar surface area (TPSA) is 26.7 Å². The second-order valence-corrected chi connectivity index (χ2v) is 8.50. The standard InChI is InChI=1S/C26H48N2O/c1-7-13-24(27(17-9-3)18-10-4)22-15-16-26(29)23(21-22)25(14-8-2)28(19-11-5)20-12-6/h15-16,21,24-25,29H,7-14,17-20H2,1-6H3. The Labute approximate surface area is 181 Å². The highest BCUT2D eigenvalue weighted by Gasteiger charge is 2.25. The van der Waals surface area contributed by atoms with Crippen LogP contribution in [0.25, 0.3) is 0 Å². The largest absolute Gasteiger partial charge is 0.508 e. The van der Waals surface area contributed by atoms with Crippen LogP contribution >= 0.6 is 0 Å². The van der Waals surface area contributed by atoms with Gasteiger partial charge < -0.3 is 5.11 Å². The molecular weight excluding hydrogens is 356 g/mol. The van der Waals surface area contributed by atoms with Crippen LogP contribution in [0.1, 0.15) is 116 Å². The van der Waals surface area contributed by atoms with E-state index >= 15 is 0 Å². The van der Waals surface area contributed by atoms with Gasteiger partial charge in [0.2, 0.25) is 0 Å². The van der Waals surface area contributed by atoms with Crippen LogP contribution in [-0.2, 0) is 0 Å². The van der Waals surface area contributed by atoms with Crippen molar-refractivity contribution in [1.29, 1.82) is 0 Å². The van der Waals surface area contributed by atoms with E-state index in [1.54, 1.807) is 0 Å². The highest BCUT2D eigenvalue weighted by atomic mass is 16.3. The van der Waals surface area contributed by atoms with E-state index in [1.807, 2.05) is 6.07 Å². The lowest BCUT2D eigenvalue weighted by Crippen LogP contribution is -2.32. The van der Waals surface area contributed by atoms with Crippen molar-refractivity contribution < 1.29 is 5.11 Å². The van der Waals surface area contributed by atoms with Gasteiger partial charge in [-0.1, -0.05) is 60.5 Å². The SMILES string of the molecule is CCCC(c1ccc(O)c(C(CCC)N(CCC)CCC)c1)N(CCC)CCC. The lowest BCUT2D eigenvalue weighted by molar-refractivity contribution is 0.179. The number of hydrogen-bond acceptors (Lipinski definition) is 3. The molecule has 0 radical (unpaired) electrons. The summed E-state index contributed by atoms with van der Waals surface area (Å²) in [5, 5.41) is 10.8. The van der Waals surface area contributed by atoms with E-state index in [-0.39, 0.29) is 0 Å². The van der Waals surface area contributed by atoms with Gasteiger partial charge in [0.15, 0.2) is 0 Å². The van der Waals surface area contributed by atoms with Crippen molar-refractivity contribution in [3.63, 3.8) is 0 Å². The number of hydrogen-bond donors (Lipinski definition) is 1. The van der Waals surface area contributed by atoms with Crippen LogP contribution in [-0.4, -0.2) is 41.1 Å². The van der Waals surface area contributed by atoms with Gasteiger partial charge in [-0.2, -0.15) is 0 Å². The predicted octanol–water partition coefficient (Wildman–Crippen LogP) is 7.32. The van der Waals surface area contributed by atoms with Crippen molar-refractivity contribution in [2.24, 2.45) is 0 Å². The number of rotatable bonds is 16. The Bertz CT molecular complexity index is 534. The first-order chi connectivity index (χ1) is 14.1. The van der Waals surface area contributed by atoms with E-state index in [0.717, 1.165) is 57.4 Å². The van der Waals surface area contributed by atoms with Crippen LogP contribution < -0.4 is 0 Å². The first-order valence-corrected chi connectivity index (χ1v) is 12.4. The molecule has 1 N–H and O–H groups in total. The summed E-state index contributed by atoms with van der Waals surface area (Å²) in [6, 6.07) is 7.24. The molecule has 2 atom stereocenters. The van der Waals surface area contributed by atoms with E-state index in [0.29, 0.717) is 17.8 Å². The Morgan fingerprint density at radius 1 is 0.655 bits per heavy atom. The molecule has 0 aliphatic heterocycles. The van der Waals surface area contributed by atoms with Crippen LogP contribution in [0.3, 0.4) is 0 Å². The van der Waals surface area contributed by atoms with Crippen LogP contribution in [0.4, 0.5) is 0 Å². The Morgan fingerprint density at radius 3 is 1.55 bits per heavy atom. The number of benzene rings is 1. The quantitative estimate of drug-likeness (QED) is 0.313. The van der Waals surface area contributed by atoms with Crippen LogP contribution in [0.5, 0.6) is 5.75 Å². The fourth-order valence-electron chi connectivity index (χ4n) is 4.68. The van der Waals surface area contributed by atoms with Gasteiger partial charge in [-0.05, 0) is 82.4 Å². The average Bonchev–Trinajstić information content (AvgIpc) is 2.71. The molecule has 0 saturated heterocycles. The third kappa shape index (κ3) is 7.94. The molecule has 3 nitrogen and oxygen atoms in total. The molecule has 3 heteroatoms. The molecule has 168 valence electrons. The molecule has 0 spiro atoms. The molecule has 0 aromatic heterocycles. The smallest absolute Gasteiger partial charge is 0.120 e. The number of phenols is 1. The molecule has 2 unspecified atom stereocenters. The minimum Gasteiger partial charge on any atom is -0.508 e. The zero-order valence-electron chi connectivity index (χ0n) is 20.2. The first-order valence-electron chi connectivity index (χ1n) is 12.4. The lowest BCUT2D eigenvalue weighted by atomic mass is 9.92. The molecule has 0 aliphatic carbocycles. The van der Waals surface area contributed by atoms with Gasteiger partial charge in [-0.25, -0.2) is 0 Å². The molecule has 1 aromatic rings. The Kier molecular flexibility index (Phi) is 13.3. The number of nitrogens with zero attached hydrogens (tertiary/aromatic N) is 2. The second-order valence-electron chi connectivity index (χ2n) is 8.50. The molecule has 29 heavy (non-hydrogen) atoms. The zero-order chi connectivity index (χ0) is 21.6. The molecule has 0 heterocycles. The maximum Gasteiger partial charge on any atom is 0.120 e. The second kappa shape index (κ2) is 14.8. The highest BCUT2D eigenvalue weighted by Crippen LogP contribution is 2.36. The monoisotopic (exact) mass is 404 g/mol. The summed E-state index contributed by atoms with van der Waals surface area (Å²) in [4.78, 5) is 5.25. The van der Waals surface area contributed by atoms with E-state index in [4.69, 9.17) is 0 Å². The van der Waals surface area contributed by atoms with Gasteiger partial charge in [0.25, 0.3) is 0 Å². The van der Waals surface area contributed by atoms with Gasteiger partial charge >= 0.3 is 0 Å². The molecule has 1 aromatic carbocycles. The summed E-state index contributed by atoms with van der Waals surface area (Å²) < 4.78 is 0. The maximum absolute atomic E-state index is 10.8. The average molecular weight is 405 g/mol. The summed E-state index contributed by atoms with van der Waals surface area (Å²) in [6.07, 6.45) is 9.27. The first kappa shape index (κ1) is 26.0. The van der Waals surface area contributed by atoms with Gasteiger partial charge in [0, 0.05) is 17.6 Å². The molecule has 0 bridgehead atoms. The highest BCUT2D eigenvalue weighted by molar-refractivity contribution is 5.40. The molecule has 0 aliphatic rings. The fourth-order valence-corrected chi connectivity index (χ4v) is 4.68. The normalized spacial score (nSPS) is 13.9. The van der Waals surface area contributed by atoms with Crippen LogP contribution in [0.2, 0.25) is 0 Å². The molecular formula is C26H48N2O. The van der Waals surface area contributed by atoms with E-state index in [2.05, 4.69) is 63.5 Å². The minimum absolute atomic E-state index is 0.313. The third-order valence-corrected chi connectivity index (χ3v) is 5.84. The van der Waals surface area contributed by atoms with Crippen LogP contribution in [0, 0.1) is 0 Å². The fraction of sp³-hybridized carbons (Fsp3) is 0.769. The molecule has 0 saturated carbocycles. The van der Waals surface area contributed by atoms with E-state index < -0.39 is 0 Å². The number of phenolic OH excluding ortho intramolecular Hbond substituents is 1. The zero-order valence-corrected chi connectivity index (χ0v) is 20.2. The van der Waals surface area contributed by atoms with E-state index in [9.17, 15) is 5.11 Å². The van der Waals surface area contributed by atoms with Crippen molar-refractivity contribution in [1.82, 2.24) is 9.80 Å². The molecule has 0 fully saturated rings. The summed E-state index contributed by atoms with van der Waals surface area (Å²) in [6.45, 7) is 18.1. The maximum atomic E-state index is 10.8. The van der Waals surface area contributed by atoms with Crippen molar-refractivity contribution in [2.75, 3.05) is 26.2 Å².